The molecule has 1 heterocycles. The number of furan rings is 1. The van der Waals surface area contributed by atoms with Crippen molar-refractivity contribution in [3.05, 3.63) is 93.9 Å². The van der Waals surface area contributed by atoms with Crippen LogP contribution >= 0.6 is 0 Å². The van der Waals surface area contributed by atoms with Gasteiger partial charge in [-0.15, -0.1) is 0 Å². The second-order valence-corrected chi connectivity index (χ2v) is 7.70. The van der Waals surface area contributed by atoms with Crippen molar-refractivity contribution in [3.63, 3.8) is 0 Å². The van der Waals surface area contributed by atoms with Crippen molar-refractivity contribution >= 4 is 21.7 Å². The maximum Gasteiger partial charge on any atom is 0.338 e. The maximum absolute atomic E-state index is 12.4. The zero-order valence-corrected chi connectivity index (χ0v) is 15.8. The number of nitrogens with zero attached hydrogens (tertiary/aromatic N) is 1. The molecule has 3 aromatic rings. The Morgan fingerprint density at radius 2 is 1.90 bits per heavy atom. The molecule has 0 aliphatic rings. The molecule has 0 saturated heterocycles. The number of nitrogens with one attached hydrogen (secondary N) is 1. The first kappa shape index (κ1) is 20.2. The largest absolute Gasteiger partial charge is 0.468 e. The SMILES string of the molecule is O=C(OCc1cccc([N+](=O)[O-])c1)c1cccc(S(=O)(=O)NCc2ccco2)c1. The van der Waals surface area contributed by atoms with Gasteiger partial charge in [-0.2, -0.15) is 0 Å². The summed E-state index contributed by atoms with van der Waals surface area (Å²) < 4.78 is 37.4. The lowest BCUT2D eigenvalue weighted by molar-refractivity contribution is -0.384. The zero-order valence-electron chi connectivity index (χ0n) is 15.0. The van der Waals surface area contributed by atoms with E-state index in [9.17, 15) is 23.3 Å². The normalized spacial score (nSPS) is 11.2. The first-order valence-corrected chi connectivity index (χ1v) is 9.86. The molecule has 3 rings (SSSR count). The zero-order chi connectivity index (χ0) is 20.9. The highest BCUT2D eigenvalue weighted by atomic mass is 32.2. The molecule has 0 saturated carbocycles. The average Bonchev–Trinajstić information content (AvgIpc) is 3.25. The molecular formula is C19H16N2O7S. The second kappa shape index (κ2) is 8.67. The Morgan fingerprint density at radius 1 is 1.10 bits per heavy atom. The van der Waals surface area contributed by atoms with E-state index < -0.39 is 20.9 Å². The Balaban J connectivity index is 1.67. The van der Waals surface area contributed by atoms with Crippen molar-refractivity contribution < 1.29 is 27.3 Å². The van der Waals surface area contributed by atoms with Gasteiger partial charge in [0.05, 0.1) is 28.2 Å². The summed E-state index contributed by atoms with van der Waals surface area (Å²) in [5, 5.41) is 10.8. The van der Waals surface area contributed by atoms with Crippen LogP contribution in [0.3, 0.4) is 0 Å². The summed E-state index contributed by atoms with van der Waals surface area (Å²) in [7, 11) is -3.87. The first-order valence-electron chi connectivity index (χ1n) is 8.38. The van der Waals surface area contributed by atoms with Crippen LogP contribution < -0.4 is 4.72 Å². The van der Waals surface area contributed by atoms with Gasteiger partial charge < -0.3 is 9.15 Å². The Morgan fingerprint density at radius 3 is 2.62 bits per heavy atom. The summed E-state index contributed by atoms with van der Waals surface area (Å²) in [5.74, 6) is -0.305. The molecule has 10 heteroatoms. The smallest absolute Gasteiger partial charge is 0.338 e. The van der Waals surface area contributed by atoms with Gasteiger partial charge in [-0.05, 0) is 35.9 Å². The highest BCUT2D eigenvalue weighted by Gasteiger charge is 2.17. The molecule has 0 bridgehead atoms. The molecule has 0 radical (unpaired) electrons. The summed E-state index contributed by atoms with van der Waals surface area (Å²) in [6.45, 7) is -0.217. The third-order valence-electron chi connectivity index (χ3n) is 3.89. The molecule has 0 spiro atoms. The minimum absolute atomic E-state index is 0.0310. The van der Waals surface area contributed by atoms with Gasteiger partial charge in [0, 0.05) is 12.1 Å². The fourth-order valence-electron chi connectivity index (χ4n) is 2.44. The summed E-state index contributed by atoms with van der Waals surface area (Å²) in [6.07, 6.45) is 1.43. The topological polar surface area (TPSA) is 129 Å². The summed E-state index contributed by atoms with van der Waals surface area (Å²) >= 11 is 0. The molecule has 0 fully saturated rings. The van der Waals surface area contributed by atoms with Crippen LogP contribution in [0, 0.1) is 10.1 Å². The Bertz CT molecular complexity index is 1120. The number of nitro benzene ring substituents is 1. The van der Waals surface area contributed by atoms with Crippen LogP contribution in [-0.4, -0.2) is 19.3 Å². The number of benzene rings is 2. The Labute approximate surface area is 166 Å². The van der Waals surface area contributed by atoms with E-state index in [1.807, 2.05) is 0 Å². The van der Waals surface area contributed by atoms with Gasteiger partial charge >= 0.3 is 5.97 Å². The summed E-state index contributed by atoms with van der Waals surface area (Å²) in [5.41, 5.74) is 0.363. The van der Waals surface area contributed by atoms with E-state index in [4.69, 9.17) is 9.15 Å². The summed E-state index contributed by atoms with van der Waals surface area (Å²) in [6, 6.07) is 14.3. The van der Waals surface area contributed by atoms with Crippen LogP contribution in [0.1, 0.15) is 21.7 Å². The van der Waals surface area contributed by atoms with Gasteiger partial charge in [0.15, 0.2) is 0 Å². The van der Waals surface area contributed by atoms with E-state index in [0.29, 0.717) is 11.3 Å². The highest BCUT2D eigenvalue weighted by Crippen LogP contribution is 2.16. The second-order valence-electron chi connectivity index (χ2n) is 5.93. The van der Waals surface area contributed by atoms with Gasteiger partial charge in [-0.25, -0.2) is 17.9 Å². The van der Waals surface area contributed by atoms with Crippen LogP contribution in [0.2, 0.25) is 0 Å². The highest BCUT2D eigenvalue weighted by molar-refractivity contribution is 7.89. The maximum atomic E-state index is 12.4. The van der Waals surface area contributed by atoms with E-state index in [1.54, 1.807) is 18.2 Å². The molecular weight excluding hydrogens is 400 g/mol. The molecule has 9 nitrogen and oxygen atoms in total. The van der Waals surface area contributed by atoms with E-state index in [2.05, 4.69) is 4.72 Å². The molecule has 0 aliphatic carbocycles. The van der Waals surface area contributed by atoms with E-state index in [1.165, 1.54) is 48.7 Å². The van der Waals surface area contributed by atoms with Gasteiger partial charge in [0.2, 0.25) is 10.0 Å². The number of ether oxygens (including phenoxy) is 1. The van der Waals surface area contributed by atoms with Crippen LogP contribution in [0.4, 0.5) is 5.69 Å². The quantitative estimate of drug-likeness (QED) is 0.339. The number of esters is 1. The Hall–Kier alpha value is -3.50. The van der Waals surface area contributed by atoms with Crippen molar-refractivity contribution in [3.8, 4) is 0 Å². The standard InChI is InChI=1S/C19H16N2O7S/c22-19(28-13-14-4-1-6-16(10-14)21(23)24)15-5-2-8-18(11-15)29(25,26)20-12-17-7-3-9-27-17/h1-11,20H,12-13H2. The molecule has 150 valence electrons. The number of hydrogen-bond donors (Lipinski definition) is 1. The lowest BCUT2D eigenvalue weighted by Crippen LogP contribution is -2.23. The fraction of sp³-hybridized carbons (Fsp3) is 0.105. The number of hydrogen-bond acceptors (Lipinski definition) is 7. The minimum Gasteiger partial charge on any atom is -0.468 e. The third kappa shape index (κ3) is 5.27. The lowest BCUT2D eigenvalue weighted by atomic mass is 10.2. The van der Waals surface area contributed by atoms with Crippen LogP contribution in [0.25, 0.3) is 0 Å². The molecule has 1 N–H and O–H groups in total. The first-order chi connectivity index (χ1) is 13.8. The number of rotatable bonds is 8. The summed E-state index contributed by atoms with van der Waals surface area (Å²) in [4.78, 5) is 22.4. The van der Waals surface area contributed by atoms with Gasteiger partial charge in [0.1, 0.15) is 12.4 Å². The van der Waals surface area contributed by atoms with E-state index in [-0.39, 0.29) is 29.3 Å². The monoisotopic (exact) mass is 416 g/mol. The number of carbonyl (C=O) groups is 1. The lowest BCUT2D eigenvalue weighted by Gasteiger charge is -2.08. The number of non-ortho nitro benzene ring substituents is 1. The Kier molecular flexibility index (Phi) is 6.05. The number of sulfonamides is 1. The molecule has 0 atom stereocenters. The van der Waals surface area contributed by atoms with Crippen molar-refractivity contribution in [2.75, 3.05) is 0 Å². The van der Waals surface area contributed by atoms with Crippen LogP contribution in [-0.2, 0) is 27.9 Å². The molecule has 1 aromatic heterocycles. The van der Waals surface area contributed by atoms with Crippen molar-refractivity contribution in [1.29, 1.82) is 0 Å². The van der Waals surface area contributed by atoms with Gasteiger partial charge in [-0.3, -0.25) is 10.1 Å². The molecule has 0 aliphatic heterocycles. The molecule has 2 aromatic carbocycles. The average molecular weight is 416 g/mol. The van der Waals surface area contributed by atoms with Crippen molar-refractivity contribution in [1.82, 2.24) is 4.72 Å². The fourth-order valence-corrected chi connectivity index (χ4v) is 3.48. The number of nitro groups is 1. The molecule has 29 heavy (non-hydrogen) atoms. The van der Waals surface area contributed by atoms with Crippen molar-refractivity contribution in [2.45, 2.75) is 18.0 Å². The van der Waals surface area contributed by atoms with Crippen molar-refractivity contribution in [2.24, 2.45) is 0 Å². The van der Waals surface area contributed by atoms with Gasteiger partial charge in [0.25, 0.3) is 5.69 Å². The van der Waals surface area contributed by atoms with Crippen LogP contribution in [0.5, 0.6) is 0 Å². The van der Waals surface area contributed by atoms with E-state index in [0.717, 1.165) is 0 Å². The predicted molar refractivity (Wildman–Crippen MR) is 101 cm³/mol. The van der Waals surface area contributed by atoms with Gasteiger partial charge in [-0.1, -0.05) is 18.2 Å². The molecule has 0 amide bonds. The van der Waals surface area contributed by atoms with Crippen LogP contribution in [0.15, 0.2) is 76.2 Å². The molecule has 0 unspecified atom stereocenters. The van der Waals surface area contributed by atoms with E-state index >= 15 is 0 Å². The third-order valence-corrected chi connectivity index (χ3v) is 5.29. The number of carbonyl (C=O) groups excluding carboxylic acids is 1. The minimum atomic E-state index is -3.87. The predicted octanol–water partition coefficient (Wildman–Crippen LogP) is 3.02.